The molecule has 0 saturated heterocycles. The van der Waals surface area contributed by atoms with Crippen LogP contribution in [0.4, 0.5) is 0 Å². The number of hydrogen-bond donors (Lipinski definition) is 1. The first-order chi connectivity index (χ1) is 11.5. The lowest BCUT2D eigenvalue weighted by atomic mass is 10.2. The van der Waals surface area contributed by atoms with Crippen molar-refractivity contribution in [1.82, 2.24) is 19.5 Å². The van der Waals surface area contributed by atoms with Crippen molar-refractivity contribution in [3.05, 3.63) is 64.4 Å². The largest absolute Gasteiger partial charge is 0.345 e. The minimum absolute atomic E-state index is 0.171. The van der Waals surface area contributed by atoms with Gasteiger partial charge in [-0.1, -0.05) is 17.7 Å². The summed E-state index contributed by atoms with van der Waals surface area (Å²) in [5.41, 5.74) is 2.81. The zero-order chi connectivity index (χ0) is 17.2. The summed E-state index contributed by atoms with van der Waals surface area (Å²) >= 11 is 1.33. The Morgan fingerprint density at radius 3 is 2.67 bits per heavy atom. The van der Waals surface area contributed by atoms with Crippen LogP contribution in [0.2, 0.25) is 0 Å². The third kappa shape index (κ3) is 3.36. The van der Waals surface area contributed by atoms with Crippen molar-refractivity contribution in [3.63, 3.8) is 0 Å². The second-order valence-corrected chi connectivity index (χ2v) is 7.82. The summed E-state index contributed by atoms with van der Waals surface area (Å²) in [5, 5.41) is 10.9. The van der Waals surface area contributed by atoms with E-state index in [1.807, 2.05) is 6.92 Å². The van der Waals surface area contributed by atoms with Gasteiger partial charge in [0.05, 0.1) is 17.0 Å². The lowest BCUT2D eigenvalue weighted by molar-refractivity contribution is 0.0951. The predicted octanol–water partition coefficient (Wildman–Crippen LogP) is 1.82. The van der Waals surface area contributed by atoms with Crippen LogP contribution in [0, 0.1) is 6.92 Å². The van der Waals surface area contributed by atoms with E-state index in [-0.39, 0.29) is 22.9 Å². The summed E-state index contributed by atoms with van der Waals surface area (Å²) in [5.74, 6) is -0.372. The van der Waals surface area contributed by atoms with Crippen molar-refractivity contribution in [1.29, 1.82) is 0 Å². The highest BCUT2D eigenvalue weighted by Gasteiger charge is 2.18. The maximum atomic E-state index is 12.5. The molecule has 0 aliphatic carbocycles. The fraction of sp³-hybridized carbons (Fsp3) is 0.133. The van der Waals surface area contributed by atoms with Crippen LogP contribution in [0.3, 0.4) is 0 Å². The lowest BCUT2D eigenvalue weighted by Gasteiger charge is -2.06. The average molecular weight is 362 g/mol. The Balaban J connectivity index is 1.77. The normalized spacial score (nSPS) is 11.4. The molecule has 7 nitrogen and oxygen atoms in total. The molecular formula is C15H14N4O3S2. The van der Waals surface area contributed by atoms with Gasteiger partial charge in [0.15, 0.2) is 0 Å². The van der Waals surface area contributed by atoms with E-state index in [9.17, 15) is 13.2 Å². The van der Waals surface area contributed by atoms with Gasteiger partial charge in [0.25, 0.3) is 15.9 Å². The van der Waals surface area contributed by atoms with Gasteiger partial charge in [-0.05, 0) is 25.1 Å². The van der Waals surface area contributed by atoms with E-state index in [1.165, 1.54) is 29.8 Å². The van der Waals surface area contributed by atoms with Gasteiger partial charge in [0.2, 0.25) is 0 Å². The van der Waals surface area contributed by atoms with E-state index in [0.717, 1.165) is 9.54 Å². The number of carbonyl (C=O) groups is 1. The lowest BCUT2D eigenvalue weighted by Crippen LogP contribution is -2.22. The standard InChI is InChI=1S/C15H14N4O3S2/c1-11-2-4-13(5-3-11)24(21,22)19-7-6-12(9-19)15(20)16-8-14-18-17-10-23-14/h2-7,9-10H,8H2,1H3,(H,16,20). The maximum absolute atomic E-state index is 12.5. The second-order valence-electron chi connectivity index (χ2n) is 5.06. The van der Waals surface area contributed by atoms with E-state index < -0.39 is 10.0 Å². The second kappa shape index (κ2) is 6.54. The summed E-state index contributed by atoms with van der Waals surface area (Å²) in [4.78, 5) is 12.3. The quantitative estimate of drug-likeness (QED) is 0.747. The number of nitrogens with one attached hydrogen (secondary N) is 1. The number of amides is 1. The molecule has 2 aromatic heterocycles. The Kier molecular flexibility index (Phi) is 4.45. The molecule has 1 aromatic carbocycles. The minimum Gasteiger partial charge on any atom is -0.345 e. The van der Waals surface area contributed by atoms with Crippen LogP contribution in [0.1, 0.15) is 20.9 Å². The molecule has 3 aromatic rings. The highest BCUT2D eigenvalue weighted by Crippen LogP contribution is 2.16. The van der Waals surface area contributed by atoms with Crippen molar-refractivity contribution in [2.45, 2.75) is 18.4 Å². The molecule has 1 amide bonds. The van der Waals surface area contributed by atoms with Crippen LogP contribution >= 0.6 is 11.3 Å². The fourth-order valence-corrected chi connectivity index (χ4v) is 3.69. The highest BCUT2D eigenvalue weighted by atomic mass is 32.2. The molecular weight excluding hydrogens is 348 g/mol. The summed E-state index contributed by atoms with van der Waals surface area (Å²) in [7, 11) is -3.71. The van der Waals surface area contributed by atoms with Gasteiger partial charge >= 0.3 is 0 Å². The van der Waals surface area contributed by atoms with E-state index in [0.29, 0.717) is 5.01 Å². The van der Waals surface area contributed by atoms with Gasteiger partial charge in [0.1, 0.15) is 10.5 Å². The molecule has 0 aliphatic heterocycles. The van der Waals surface area contributed by atoms with Crippen molar-refractivity contribution in [3.8, 4) is 0 Å². The Morgan fingerprint density at radius 2 is 2.00 bits per heavy atom. The van der Waals surface area contributed by atoms with Crippen LogP contribution in [-0.2, 0) is 16.6 Å². The number of nitrogens with zero attached hydrogens (tertiary/aromatic N) is 3. The zero-order valence-electron chi connectivity index (χ0n) is 12.7. The summed E-state index contributed by atoms with van der Waals surface area (Å²) in [6, 6.07) is 8.00. The summed E-state index contributed by atoms with van der Waals surface area (Å²) in [6.07, 6.45) is 2.65. The van der Waals surface area contributed by atoms with E-state index in [1.54, 1.807) is 29.8 Å². The Morgan fingerprint density at radius 1 is 1.25 bits per heavy atom. The first-order valence-corrected chi connectivity index (χ1v) is 9.32. The topological polar surface area (TPSA) is 94.0 Å². The SMILES string of the molecule is Cc1ccc(S(=O)(=O)n2ccc(C(=O)NCc3nncs3)c2)cc1. The van der Waals surface area contributed by atoms with E-state index >= 15 is 0 Å². The van der Waals surface area contributed by atoms with Gasteiger partial charge < -0.3 is 5.32 Å². The van der Waals surface area contributed by atoms with Crippen LogP contribution in [-0.4, -0.2) is 28.5 Å². The number of hydrogen-bond acceptors (Lipinski definition) is 6. The summed E-state index contributed by atoms with van der Waals surface area (Å²) < 4.78 is 26.1. The molecule has 0 bridgehead atoms. The third-order valence-electron chi connectivity index (χ3n) is 3.33. The zero-order valence-corrected chi connectivity index (χ0v) is 14.3. The van der Waals surface area contributed by atoms with Crippen LogP contribution in [0.15, 0.2) is 53.1 Å². The van der Waals surface area contributed by atoms with Gasteiger partial charge in [-0.2, -0.15) is 0 Å². The molecule has 0 saturated carbocycles. The van der Waals surface area contributed by atoms with Gasteiger partial charge in [0, 0.05) is 12.4 Å². The molecule has 0 spiro atoms. The fourth-order valence-electron chi connectivity index (χ4n) is 2.02. The molecule has 3 rings (SSSR count). The van der Waals surface area contributed by atoms with Gasteiger partial charge in [-0.15, -0.1) is 21.5 Å². The summed E-state index contributed by atoms with van der Waals surface area (Å²) in [6.45, 7) is 2.13. The number of aryl methyl sites for hydroxylation is 1. The number of rotatable bonds is 5. The molecule has 2 heterocycles. The Labute approximate surface area is 143 Å². The van der Waals surface area contributed by atoms with Crippen LogP contribution < -0.4 is 5.32 Å². The first-order valence-electron chi connectivity index (χ1n) is 7.00. The van der Waals surface area contributed by atoms with Crippen LogP contribution in [0.5, 0.6) is 0 Å². The molecule has 124 valence electrons. The first kappa shape index (κ1) is 16.3. The molecule has 0 fully saturated rings. The predicted molar refractivity (Wildman–Crippen MR) is 89.3 cm³/mol. The minimum atomic E-state index is -3.71. The van der Waals surface area contributed by atoms with Gasteiger partial charge in [-0.25, -0.2) is 12.4 Å². The molecule has 0 atom stereocenters. The monoisotopic (exact) mass is 362 g/mol. The maximum Gasteiger partial charge on any atom is 0.267 e. The Bertz CT molecular complexity index is 945. The third-order valence-corrected chi connectivity index (χ3v) is 5.68. The number of aromatic nitrogens is 3. The highest BCUT2D eigenvalue weighted by molar-refractivity contribution is 7.90. The van der Waals surface area contributed by atoms with Crippen molar-refractivity contribution in [2.24, 2.45) is 0 Å². The molecule has 1 N–H and O–H groups in total. The molecule has 0 unspecified atom stereocenters. The molecule has 0 radical (unpaired) electrons. The Hall–Kier alpha value is -2.52. The van der Waals surface area contributed by atoms with Gasteiger partial charge in [-0.3, -0.25) is 4.79 Å². The number of benzene rings is 1. The van der Waals surface area contributed by atoms with Crippen molar-refractivity contribution < 1.29 is 13.2 Å². The van der Waals surface area contributed by atoms with Crippen molar-refractivity contribution in [2.75, 3.05) is 0 Å². The molecule has 24 heavy (non-hydrogen) atoms. The van der Waals surface area contributed by atoms with Crippen molar-refractivity contribution >= 4 is 27.3 Å². The smallest absolute Gasteiger partial charge is 0.267 e. The van der Waals surface area contributed by atoms with E-state index in [4.69, 9.17) is 0 Å². The average Bonchev–Trinajstić information content (AvgIpc) is 3.25. The van der Waals surface area contributed by atoms with E-state index in [2.05, 4.69) is 15.5 Å². The molecule has 9 heteroatoms. The number of carbonyl (C=O) groups excluding carboxylic acids is 1. The molecule has 0 aliphatic rings. The van der Waals surface area contributed by atoms with Crippen LogP contribution in [0.25, 0.3) is 0 Å².